The zero-order valence-corrected chi connectivity index (χ0v) is 35.7. The minimum absolute atomic E-state index is 0. The van der Waals surface area contributed by atoms with Crippen molar-refractivity contribution < 1.29 is 132 Å². The number of rotatable bonds is 13. The molecule has 1 fully saturated rings. The molecule has 25 nitrogen and oxygen atoms in total. The average Bonchev–Trinajstić information content (AvgIpc) is 3.63. The first-order valence-corrected chi connectivity index (χ1v) is 18.3. The molecule has 1 aromatic carbocycles. The number of aliphatic hydroxyl groups is 5. The standard InChI is InChI=1S/C27H33N9O15P2.2Na.H2O/c1-10-3-12-13(4-11(10)2)35(24-18(32-12)25(42)34-27(43)33-24)5-14(37)19(39)15(38)6-48-52(44,45)51-53(46,47)49-7-16-20(40)21(41)26(50-16)36-9-31-17-22(28)29-8-30-23(17)36;;;/h3-4,8-9,14-16,19-21,26,37-41H,5-7H2,1-2H3,(H,44,45)(H,46,47)(H2,28,29,30)(H,34,42,43);;;1H2/q;2*+1;/p-2. The Balaban J connectivity index is 0.00000280. The SMILES string of the molecule is Cc1cc2nc3c(=O)nc([O-])nc-3n(CC(O)C(O)C(O)COP(=O)([O-])OP(=O)(O)OCC3OC(n4cnc5c(N)ncnc54)C(O)C3O)c2cc1C.O.[Na+].[Na+]. The van der Waals surface area contributed by atoms with E-state index >= 15 is 0 Å². The fraction of sp³-hybridized carbons (Fsp3) is 0.444. The number of phosphoric ester groups is 2. The van der Waals surface area contributed by atoms with Gasteiger partial charge in [0.05, 0.1) is 43.1 Å². The molecule has 0 radical (unpaired) electrons. The quantitative estimate of drug-likeness (QED) is 0.0328. The van der Waals surface area contributed by atoms with Gasteiger partial charge >= 0.3 is 66.9 Å². The molecule has 5 heterocycles. The van der Waals surface area contributed by atoms with Crippen LogP contribution in [0.3, 0.4) is 0 Å². The Morgan fingerprint density at radius 1 is 1.00 bits per heavy atom. The van der Waals surface area contributed by atoms with Crippen molar-refractivity contribution in [2.75, 3.05) is 18.9 Å². The Morgan fingerprint density at radius 2 is 1.68 bits per heavy atom. The van der Waals surface area contributed by atoms with Crippen LogP contribution in [-0.2, 0) is 33.8 Å². The second-order valence-corrected chi connectivity index (χ2v) is 15.0. The van der Waals surface area contributed by atoms with Crippen molar-refractivity contribution in [3.63, 3.8) is 0 Å². The number of imidazole rings is 1. The van der Waals surface area contributed by atoms with E-state index in [0.29, 0.717) is 0 Å². The summed E-state index contributed by atoms with van der Waals surface area (Å²) in [4.78, 5) is 57.9. The van der Waals surface area contributed by atoms with Crippen molar-refractivity contribution in [1.82, 2.24) is 39.0 Å². The summed E-state index contributed by atoms with van der Waals surface area (Å²) in [6, 6.07) is 2.12. The van der Waals surface area contributed by atoms with Crippen LogP contribution in [0.1, 0.15) is 17.4 Å². The normalized spacial score (nSPS) is 22.0. The Kier molecular flexibility index (Phi) is 16.2. The van der Waals surface area contributed by atoms with Crippen molar-refractivity contribution in [2.45, 2.75) is 63.2 Å². The zero-order chi connectivity index (χ0) is 38.6. The second kappa shape index (κ2) is 18.8. The van der Waals surface area contributed by atoms with Gasteiger partial charge in [0, 0.05) is 0 Å². The smallest absolute Gasteiger partial charge is 0.844 e. The van der Waals surface area contributed by atoms with Crippen molar-refractivity contribution in [3.8, 4) is 17.5 Å². The summed E-state index contributed by atoms with van der Waals surface area (Å²) in [5.41, 5.74) is 6.81. The number of aliphatic hydroxyl groups excluding tert-OH is 5. The predicted molar refractivity (Wildman–Crippen MR) is 175 cm³/mol. The van der Waals surface area contributed by atoms with E-state index in [-0.39, 0.29) is 104 Å². The van der Waals surface area contributed by atoms with Gasteiger partial charge in [-0.05, 0) is 37.1 Å². The molecule has 2 aromatic heterocycles. The van der Waals surface area contributed by atoms with Gasteiger partial charge in [0.2, 0.25) is 0 Å². The molecule has 0 saturated carbocycles. The molecule has 9 atom stereocenters. The Bertz CT molecular complexity index is 2310. The first kappa shape index (κ1) is 48.2. The number of ether oxygens (including phenoxy) is 1. The summed E-state index contributed by atoms with van der Waals surface area (Å²) >= 11 is 0. The number of hydrogen-bond donors (Lipinski definition) is 7. The van der Waals surface area contributed by atoms with Gasteiger partial charge in [0.25, 0.3) is 13.4 Å². The van der Waals surface area contributed by atoms with Crippen molar-refractivity contribution >= 4 is 43.7 Å². The molecular formula is C27H33N9Na2O16P2. The Labute approximate surface area is 358 Å². The molecule has 1 saturated heterocycles. The van der Waals surface area contributed by atoms with Crippen LogP contribution < -0.4 is 80.4 Å². The molecule has 3 aromatic rings. The van der Waals surface area contributed by atoms with Gasteiger partial charge < -0.3 is 65.5 Å². The van der Waals surface area contributed by atoms with Crippen molar-refractivity contribution in [3.05, 3.63) is 46.3 Å². The fourth-order valence-electron chi connectivity index (χ4n) is 5.51. The van der Waals surface area contributed by atoms with E-state index in [4.69, 9.17) is 10.5 Å². The molecule has 6 rings (SSSR count). The third kappa shape index (κ3) is 10.2. The number of anilines is 1. The number of nitrogens with two attached hydrogens (primary N) is 1. The Morgan fingerprint density at radius 3 is 2.38 bits per heavy atom. The van der Waals surface area contributed by atoms with E-state index in [1.807, 2.05) is 0 Å². The molecule has 0 aliphatic carbocycles. The van der Waals surface area contributed by atoms with Gasteiger partial charge in [0.15, 0.2) is 29.2 Å². The van der Waals surface area contributed by atoms with Gasteiger partial charge in [-0.3, -0.25) is 18.5 Å². The van der Waals surface area contributed by atoms with E-state index in [0.717, 1.165) is 17.5 Å². The fourth-order valence-corrected chi connectivity index (χ4v) is 7.57. The van der Waals surface area contributed by atoms with Crippen LogP contribution in [0.5, 0.6) is 6.01 Å². The minimum Gasteiger partial charge on any atom is -0.844 e. The molecular weight excluding hydrogens is 814 g/mol. The summed E-state index contributed by atoms with van der Waals surface area (Å²) in [6.07, 6.45) is -10.1. The van der Waals surface area contributed by atoms with Crippen LogP contribution in [0.25, 0.3) is 33.7 Å². The van der Waals surface area contributed by atoms with Crippen LogP contribution in [-0.4, -0.2) is 125 Å². The molecule has 3 aliphatic heterocycles. The molecule has 10 N–H and O–H groups in total. The third-order valence-electron chi connectivity index (χ3n) is 8.35. The number of aryl methyl sites for hydroxylation is 2. The maximum atomic E-state index is 12.5. The number of nitrogens with zero attached hydrogens (tertiary/aromatic N) is 8. The van der Waals surface area contributed by atoms with E-state index in [9.17, 15) is 54.4 Å². The summed E-state index contributed by atoms with van der Waals surface area (Å²) in [5, 5.41) is 64.9. The van der Waals surface area contributed by atoms with Crippen molar-refractivity contribution in [2.24, 2.45) is 0 Å². The molecule has 29 heteroatoms. The molecule has 0 bridgehead atoms. The van der Waals surface area contributed by atoms with Crippen LogP contribution in [0, 0.1) is 13.8 Å². The summed E-state index contributed by atoms with van der Waals surface area (Å²) in [7, 11) is -11.3. The van der Waals surface area contributed by atoms with Crippen LogP contribution in [0.2, 0.25) is 0 Å². The van der Waals surface area contributed by atoms with Crippen LogP contribution in [0.15, 0.2) is 29.6 Å². The van der Waals surface area contributed by atoms with Crippen LogP contribution >= 0.6 is 15.6 Å². The number of phosphoric acid groups is 2. The molecule has 0 amide bonds. The number of aromatic nitrogens is 8. The number of fused-ring (bicyclic) bond motifs is 3. The second-order valence-electron chi connectivity index (χ2n) is 12.0. The number of benzene rings is 1. The third-order valence-corrected chi connectivity index (χ3v) is 10.9. The summed E-state index contributed by atoms with van der Waals surface area (Å²) < 4.78 is 46.1. The summed E-state index contributed by atoms with van der Waals surface area (Å²) in [6.45, 7) is 0.643. The topological polar surface area (TPSA) is 400 Å². The first-order valence-electron chi connectivity index (χ1n) is 15.4. The molecule has 56 heavy (non-hydrogen) atoms. The van der Waals surface area contributed by atoms with Crippen molar-refractivity contribution in [1.29, 1.82) is 0 Å². The number of hydrogen-bond acceptors (Lipinski definition) is 21. The summed E-state index contributed by atoms with van der Waals surface area (Å²) in [5.74, 6) is -0.260. The average molecular weight is 848 g/mol. The predicted octanol–water partition coefficient (Wildman–Crippen LogP) is -10.1. The zero-order valence-electron chi connectivity index (χ0n) is 29.9. The van der Waals surface area contributed by atoms with E-state index in [1.54, 1.807) is 26.0 Å². The first-order chi connectivity index (χ1) is 24.9. The molecule has 3 aliphatic rings. The number of nitrogen functional groups attached to an aromatic ring is 1. The Hall–Kier alpha value is -2.17. The van der Waals surface area contributed by atoms with Crippen LogP contribution in [0.4, 0.5) is 5.82 Å². The largest absolute Gasteiger partial charge is 1.00 e. The molecule has 0 spiro atoms. The monoisotopic (exact) mass is 847 g/mol. The van der Waals surface area contributed by atoms with E-state index in [2.05, 4.69) is 43.3 Å². The van der Waals surface area contributed by atoms with E-state index in [1.165, 1.54) is 15.5 Å². The van der Waals surface area contributed by atoms with Gasteiger partial charge in [-0.2, -0.15) is 0 Å². The molecule has 9 unspecified atom stereocenters. The van der Waals surface area contributed by atoms with Gasteiger partial charge in [-0.15, -0.1) is 0 Å². The maximum absolute atomic E-state index is 12.5. The van der Waals surface area contributed by atoms with Gasteiger partial charge in [-0.25, -0.2) is 38.8 Å². The molecule has 294 valence electrons. The maximum Gasteiger partial charge on any atom is 1.00 e. The minimum atomic E-state index is -5.80. The van der Waals surface area contributed by atoms with Gasteiger partial charge in [-0.1, -0.05) is 0 Å². The van der Waals surface area contributed by atoms with E-state index < -0.39 is 89.8 Å². The van der Waals surface area contributed by atoms with Gasteiger partial charge in [0.1, 0.15) is 48.5 Å².